The van der Waals surface area contributed by atoms with Gasteiger partial charge in [0.05, 0.1) is 31.7 Å². The molecule has 0 unspecified atom stereocenters. The summed E-state index contributed by atoms with van der Waals surface area (Å²) >= 11 is 12.4. The molecule has 0 aliphatic carbocycles. The van der Waals surface area contributed by atoms with Crippen molar-refractivity contribution in [1.29, 1.82) is 0 Å². The average molecular weight is 564 g/mol. The largest absolute Gasteiger partial charge is 0.418 e. The first-order valence-electron chi connectivity index (χ1n) is 9.27. The van der Waals surface area contributed by atoms with Crippen LogP contribution >= 0.6 is 34.5 Å². The number of carbonyl (C=O) groups excluding carboxylic acids is 3. The lowest BCUT2D eigenvalue weighted by atomic mass is 10.1. The van der Waals surface area contributed by atoms with Gasteiger partial charge in [-0.3, -0.25) is 9.59 Å². The molecule has 2 aromatic carbocycles. The van der Waals surface area contributed by atoms with E-state index >= 15 is 0 Å². The van der Waals surface area contributed by atoms with E-state index in [0.717, 1.165) is 12.1 Å². The molecule has 1 aliphatic rings. The number of halogens is 5. The lowest BCUT2D eigenvalue weighted by Crippen LogP contribution is -2.34. The van der Waals surface area contributed by atoms with E-state index in [-0.39, 0.29) is 19.7 Å². The van der Waals surface area contributed by atoms with Gasteiger partial charge in [0.15, 0.2) is 0 Å². The monoisotopic (exact) mass is 563 g/mol. The van der Waals surface area contributed by atoms with Crippen LogP contribution in [0.5, 0.6) is 0 Å². The normalized spacial score (nSPS) is 13.7. The van der Waals surface area contributed by atoms with Gasteiger partial charge in [0.1, 0.15) is 4.21 Å². The quantitative estimate of drug-likeness (QED) is 0.413. The average Bonchev–Trinajstić information content (AvgIpc) is 3.30. The molecule has 2 N–H and O–H groups in total. The van der Waals surface area contributed by atoms with Crippen molar-refractivity contribution in [3.8, 4) is 0 Å². The van der Waals surface area contributed by atoms with E-state index in [1.807, 2.05) is 5.32 Å². The fourth-order valence-corrected chi connectivity index (χ4v) is 5.97. The van der Waals surface area contributed by atoms with E-state index in [9.17, 15) is 36.0 Å². The number of fused-ring (bicyclic) bond motifs is 1. The standard InChI is InChI=1S/C20H10Cl2F3N3O5S2/c21-13-8-9(26-19(31)27-35(32,33)15-6-5-14(22)34-15)7-12(20(23,24)25)16(13)28-17(29)10-3-1-2-4-11(10)18(28)30/h1-8H,(H2,26,27,31). The Labute approximate surface area is 209 Å². The van der Waals surface area contributed by atoms with Gasteiger partial charge in [0.2, 0.25) is 0 Å². The third-order valence-electron chi connectivity index (χ3n) is 4.68. The highest BCUT2D eigenvalue weighted by atomic mass is 35.5. The molecule has 0 bridgehead atoms. The van der Waals surface area contributed by atoms with Crippen molar-refractivity contribution >= 4 is 73.8 Å². The van der Waals surface area contributed by atoms with Gasteiger partial charge in [-0.15, -0.1) is 11.3 Å². The van der Waals surface area contributed by atoms with Crippen LogP contribution in [0.2, 0.25) is 9.36 Å². The number of amides is 4. The number of rotatable bonds is 4. The molecular formula is C20H10Cl2F3N3O5S2. The first-order chi connectivity index (χ1) is 16.3. The lowest BCUT2D eigenvalue weighted by Gasteiger charge is -2.22. The van der Waals surface area contributed by atoms with Gasteiger partial charge in [-0.2, -0.15) is 13.2 Å². The van der Waals surface area contributed by atoms with Gasteiger partial charge in [0.25, 0.3) is 21.8 Å². The number of sulfonamides is 1. The second-order valence-electron chi connectivity index (χ2n) is 6.96. The minimum absolute atomic E-state index is 0.0952. The van der Waals surface area contributed by atoms with Crippen molar-refractivity contribution in [3.63, 3.8) is 0 Å². The third-order valence-corrected chi connectivity index (χ3v) is 8.03. The molecule has 8 nitrogen and oxygen atoms in total. The zero-order valence-electron chi connectivity index (χ0n) is 16.8. The Hall–Kier alpha value is -3.13. The second-order valence-corrected chi connectivity index (χ2v) is 11.0. The number of hydrogen-bond donors (Lipinski definition) is 2. The Morgan fingerprint density at radius 3 is 2.09 bits per heavy atom. The summed E-state index contributed by atoms with van der Waals surface area (Å²) in [5.41, 5.74) is -3.15. The Kier molecular flexibility index (Phi) is 6.30. The van der Waals surface area contributed by atoms with Crippen LogP contribution in [0.25, 0.3) is 0 Å². The zero-order chi connectivity index (χ0) is 25.7. The van der Waals surface area contributed by atoms with Gasteiger partial charge in [-0.1, -0.05) is 35.3 Å². The van der Waals surface area contributed by atoms with Crippen LogP contribution in [-0.2, 0) is 16.2 Å². The summed E-state index contributed by atoms with van der Waals surface area (Å²) in [5, 5.41) is 1.27. The fourth-order valence-electron chi connectivity index (χ4n) is 3.28. The van der Waals surface area contributed by atoms with E-state index in [2.05, 4.69) is 0 Å². The number of thiophene rings is 1. The van der Waals surface area contributed by atoms with Gasteiger partial charge in [0, 0.05) is 5.69 Å². The van der Waals surface area contributed by atoms with Crippen LogP contribution in [0.15, 0.2) is 52.7 Å². The molecule has 0 radical (unpaired) electrons. The first kappa shape index (κ1) is 25.0. The summed E-state index contributed by atoms with van der Waals surface area (Å²) in [6.45, 7) is 0. The van der Waals surface area contributed by atoms with Gasteiger partial charge >= 0.3 is 12.2 Å². The summed E-state index contributed by atoms with van der Waals surface area (Å²) in [6.07, 6.45) is -5.11. The first-order valence-corrected chi connectivity index (χ1v) is 12.3. The Bertz CT molecular complexity index is 1470. The van der Waals surface area contributed by atoms with Crippen molar-refractivity contribution in [2.24, 2.45) is 0 Å². The van der Waals surface area contributed by atoms with E-state index in [4.69, 9.17) is 23.2 Å². The molecule has 4 amide bonds. The van der Waals surface area contributed by atoms with Crippen molar-refractivity contribution in [2.75, 3.05) is 10.2 Å². The van der Waals surface area contributed by atoms with Crippen LogP contribution in [0.3, 0.4) is 0 Å². The molecule has 1 aromatic heterocycles. The lowest BCUT2D eigenvalue weighted by molar-refractivity contribution is -0.137. The second kappa shape index (κ2) is 8.82. The van der Waals surface area contributed by atoms with Gasteiger partial charge in [-0.05, 0) is 36.4 Å². The Morgan fingerprint density at radius 1 is 0.971 bits per heavy atom. The number of benzene rings is 2. The van der Waals surface area contributed by atoms with Crippen LogP contribution < -0.4 is 14.9 Å². The molecule has 2 heterocycles. The number of alkyl halides is 3. The number of nitrogens with zero attached hydrogens (tertiary/aromatic N) is 1. The number of hydrogen-bond acceptors (Lipinski definition) is 6. The molecular weight excluding hydrogens is 554 g/mol. The predicted molar refractivity (Wildman–Crippen MR) is 123 cm³/mol. The van der Waals surface area contributed by atoms with Crippen molar-refractivity contribution < 1.29 is 36.0 Å². The van der Waals surface area contributed by atoms with Crippen molar-refractivity contribution in [3.05, 3.63) is 74.6 Å². The highest BCUT2D eigenvalue weighted by molar-refractivity contribution is 7.92. The maximum atomic E-state index is 13.9. The maximum Gasteiger partial charge on any atom is 0.418 e. The molecule has 0 fully saturated rings. The molecule has 0 saturated heterocycles. The summed E-state index contributed by atoms with van der Waals surface area (Å²) in [4.78, 5) is 38.0. The molecule has 0 saturated carbocycles. The Morgan fingerprint density at radius 2 is 1.57 bits per heavy atom. The highest BCUT2D eigenvalue weighted by Gasteiger charge is 2.44. The predicted octanol–water partition coefficient (Wildman–Crippen LogP) is 5.38. The fraction of sp³-hybridized carbons (Fsp3) is 0.0500. The molecule has 182 valence electrons. The minimum atomic E-state index is -5.11. The minimum Gasteiger partial charge on any atom is -0.307 e. The number of anilines is 2. The van der Waals surface area contributed by atoms with Crippen LogP contribution in [0, 0.1) is 0 Å². The smallest absolute Gasteiger partial charge is 0.307 e. The molecule has 1 aliphatic heterocycles. The molecule has 3 aromatic rings. The molecule has 0 atom stereocenters. The number of urea groups is 1. The van der Waals surface area contributed by atoms with Crippen LogP contribution in [-0.4, -0.2) is 26.3 Å². The summed E-state index contributed by atoms with van der Waals surface area (Å²) in [5.74, 6) is -2.01. The summed E-state index contributed by atoms with van der Waals surface area (Å²) in [7, 11) is -4.35. The van der Waals surface area contributed by atoms with Gasteiger partial charge < -0.3 is 5.32 Å². The zero-order valence-corrected chi connectivity index (χ0v) is 20.0. The van der Waals surface area contributed by atoms with E-state index in [1.54, 1.807) is 4.72 Å². The molecule has 15 heteroatoms. The number of carbonyl (C=O) groups is 3. The molecule has 4 rings (SSSR count). The third kappa shape index (κ3) is 4.72. The SMILES string of the molecule is O=C(Nc1cc(Cl)c(N2C(=O)c3ccccc3C2=O)c(C(F)(F)F)c1)NS(=O)(=O)c1ccc(Cl)s1. The topological polar surface area (TPSA) is 113 Å². The van der Waals surface area contributed by atoms with E-state index in [1.165, 1.54) is 30.3 Å². The highest BCUT2D eigenvalue weighted by Crippen LogP contribution is 2.45. The summed E-state index contributed by atoms with van der Waals surface area (Å²) in [6, 6.07) is 7.79. The van der Waals surface area contributed by atoms with Crippen LogP contribution in [0.4, 0.5) is 29.3 Å². The van der Waals surface area contributed by atoms with E-state index in [0.29, 0.717) is 22.3 Å². The molecule has 35 heavy (non-hydrogen) atoms. The van der Waals surface area contributed by atoms with Gasteiger partial charge in [-0.25, -0.2) is 22.8 Å². The van der Waals surface area contributed by atoms with Crippen molar-refractivity contribution in [1.82, 2.24) is 4.72 Å². The number of imide groups is 1. The molecule has 0 spiro atoms. The van der Waals surface area contributed by atoms with E-state index < -0.39 is 56.0 Å². The van der Waals surface area contributed by atoms with Crippen molar-refractivity contribution in [2.45, 2.75) is 10.4 Å². The van der Waals surface area contributed by atoms with Crippen LogP contribution in [0.1, 0.15) is 26.3 Å². The Balaban J connectivity index is 1.68. The number of nitrogens with one attached hydrogen (secondary N) is 2. The maximum absolute atomic E-state index is 13.9. The summed E-state index contributed by atoms with van der Waals surface area (Å²) < 4.78 is 67.8.